The normalized spacial score (nSPS) is 21.0. The predicted octanol–water partition coefficient (Wildman–Crippen LogP) is 0.372. The first kappa shape index (κ1) is 9.49. The monoisotopic (exact) mass is 188 g/mol. The van der Waals surface area contributed by atoms with Gasteiger partial charge in [0, 0.05) is 5.54 Å². The Labute approximate surface area is 72.6 Å². The van der Waals surface area contributed by atoms with Gasteiger partial charge in [0.15, 0.2) is 5.75 Å². The number of hydrogen-bond acceptors (Lipinski definition) is 3. The molecule has 68 valence electrons. The van der Waals surface area contributed by atoms with Crippen molar-refractivity contribution < 1.29 is 8.42 Å². The van der Waals surface area contributed by atoms with Crippen LogP contribution < -0.4 is 4.72 Å². The van der Waals surface area contributed by atoms with E-state index in [0.717, 1.165) is 19.3 Å². The van der Waals surface area contributed by atoms with Crippen molar-refractivity contribution in [2.75, 3.05) is 5.75 Å². The molecule has 5 heteroatoms. The summed E-state index contributed by atoms with van der Waals surface area (Å²) in [5.41, 5.74) is -0.282. The fourth-order valence-corrected chi connectivity index (χ4v) is 2.50. The minimum Gasteiger partial charge on any atom is -0.211 e. The lowest BCUT2D eigenvalue weighted by molar-refractivity contribution is 0.248. The van der Waals surface area contributed by atoms with E-state index in [1.165, 1.54) is 0 Å². The number of sulfonamides is 1. The quantitative estimate of drug-likeness (QED) is 0.695. The first-order valence-electron chi connectivity index (χ1n) is 3.86. The van der Waals surface area contributed by atoms with E-state index in [0.29, 0.717) is 0 Å². The predicted molar refractivity (Wildman–Crippen MR) is 44.8 cm³/mol. The number of nitriles is 1. The standard InChI is InChI=1S/C7H12N2O2S/c1-7(3-2-4-7)9-12(10,11)6-5-8/h9H,2-4,6H2,1H3. The van der Waals surface area contributed by atoms with Crippen LogP contribution in [0.2, 0.25) is 0 Å². The number of nitrogens with zero attached hydrogens (tertiary/aromatic N) is 1. The Morgan fingerprint density at radius 2 is 2.17 bits per heavy atom. The lowest BCUT2D eigenvalue weighted by atomic mass is 9.80. The van der Waals surface area contributed by atoms with Gasteiger partial charge in [-0.3, -0.25) is 0 Å². The minimum atomic E-state index is -3.36. The molecule has 1 N–H and O–H groups in total. The summed E-state index contributed by atoms with van der Waals surface area (Å²) in [7, 11) is -3.36. The van der Waals surface area contributed by atoms with Gasteiger partial charge in [0.1, 0.15) is 0 Å². The van der Waals surface area contributed by atoms with Gasteiger partial charge in [-0.1, -0.05) is 0 Å². The molecule has 0 amide bonds. The van der Waals surface area contributed by atoms with Crippen molar-refractivity contribution in [2.24, 2.45) is 0 Å². The summed E-state index contributed by atoms with van der Waals surface area (Å²) in [5.74, 6) is -0.442. The van der Waals surface area contributed by atoms with E-state index in [2.05, 4.69) is 4.72 Å². The maximum absolute atomic E-state index is 11.1. The third-order valence-corrected chi connectivity index (χ3v) is 3.43. The van der Waals surface area contributed by atoms with Gasteiger partial charge in [-0.15, -0.1) is 0 Å². The van der Waals surface area contributed by atoms with Gasteiger partial charge >= 0.3 is 0 Å². The molecule has 0 unspecified atom stereocenters. The highest BCUT2D eigenvalue weighted by molar-refractivity contribution is 7.89. The van der Waals surface area contributed by atoms with Crippen LogP contribution in [0.5, 0.6) is 0 Å². The molecule has 0 aromatic carbocycles. The largest absolute Gasteiger partial charge is 0.225 e. The van der Waals surface area contributed by atoms with Crippen molar-refractivity contribution in [1.29, 1.82) is 5.26 Å². The molecule has 0 atom stereocenters. The van der Waals surface area contributed by atoms with Crippen LogP contribution in [0.4, 0.5) is 0 Å². The Hall–Kier alpha value is -0.600. The van der Waals surface area contributed by atoms with E-state index >= 15 is 0 Å². The second-order valence-electron chi connectivity index (χ2n) is 3.43. The Morgan fingerprint density at radius 3 is 2.50 bits per heavy atom. The second kappa shape index (κ2) is 3.04. The molecule has 1 aliphatic carbocycles. The maximum Gasteiger partial charge on any atom is 0.225 e. The Balaban J connectivity index is 2.56. The molecule has 0 aliphatic heterocycles. The lowest BCUT2D eigenvalue weighted by Crippen LogP contribution is -2.51. The Bertz CT molecular complexity index is 298. The first-order valence-corrected chi connectivity index (χ1v) is 5.51. The van der Waals surface area contributed by atoms with E-state index in [4.69, 9.17) is 5.26 Å². The van der Waals surface area contributed by atoms with Gasteiger partial charge in [0.2, 0.25) is 10.0 Å². The van der Waals surface area contributed by atoms with E-state index in [9.17, 15) is 8.42 Å². The molecular formula is C7H12N2O2S. The van der Waals surface area contributed by atoms with Crippen molar-refractivity contribution in [3.05, 3.63) is 0 Å². The highest BCUT2D eigenvalue weighted by Crippen LogP contribution is 2.31. The lowest BCUT2D eigenvalue weighted by Gasteiger charge is -2.38. The fourth-order valence-electron chi connectivity index (χ4n) is 1.31. The number of rotatable bonds is 3. The van der Waals surface area contributed by atoms with Crippen molar-refractivity contribution in [1.82, 2.24) is 4.72 Å². The summed E-state index contributed by atoms with van der Waals surface area (Å²) < 4.78 is 24.7. The maximum atomic E-state index is 11.1. The van der Waals surface area contributed by atoms with Gasteiger partial charge < -0.3 is 0 Å². The zero-order valence-electron chi connectivity index (χ0n) is 7.00. The summed E-state index contributed by atoms with van der Waals surface area (Å²) in [6.45, 7) is 1.87. The average Bonchev–Trinajstić information content (AvgIpc) is 1.83. The molecule has 1 saturated carbocycles. The third kappa shape index (κ3) is 2.19. The molecule has 0 radical (unpaired) electrons. The van der Waals surface area contributed by atoms with E-state index in [-0.39, 0.29) is 5.54 Å². The molecule has 0 spiro atoms. The highest BCUT2D eigenvalue weighted by atomic mass is 32.2. The van der Waals surface area contributed by atoms with Crippen molar-refractivity contribution >= 4 is 10.0 Å². The number of hydrogen-bond donors (Lipinski definition) is 1. The summed E-state index contributed by atoms with van der Waals surface area (Å²) in [6.07, 6.45) is 2.81. The molecule has 1 fully saturated rings. The molecule has 0 aromatic heterocycles. The van der Waals surface area contributed by atoms with Gasteiger partial charge in [-0.05, 0) is 26.2 Å². The summed E-state index contributed by atoms with van der Waals surface area (Å²) in [6, 6.07) is 1.63. The topological polar surface area (TPSA) is 70.0 Å². The molecular weight excluding hydrogens is 176 g/mol. The Kier molecular flexibility index (Phi) is 2.40. The zero-order chi connectivity index (χ0) is 9.24. The molecule has 0 bridgehead atoms. The van der Waals surface area contributed by atoms with Crippen LogP contribution in [0.3, 0.4) is 0 Å². The van der Waals surface area contributed by atoms with E-state index < -0.39 is 15.8 Å². The molecule has 12 heavy (non-hydrogen) atoms. The van der Waals surface area contributed by atoms with Gasteiger partial charge in [0.05, 0.1) is 6.07 Å². The highest BCUT2D eigenvalue weighted by Gasteiger charge is 2.35. The third-order valence-electron chi connectivity index (χ3n) is 2.11. The molecule has 1 aliphatic rings. The number of nitrogens with one attached hydrogen (secondary N) is 1. The van der Waals surface area contributed by atoms with E-state index in [1.54, 1.807) is 6.07 Å². The summed E-state index contributed by atoms with van der Waals surface area (Å²) in [5, 5.41) is 8.22. The van der Waals surface area contributed by atoms with Crippen LogP contribution in [0.25, 0.3) is 0 Å². The fraction of sp³-hybridized carbons (Fsp3) is 0.857. The molecule has 4 nitrogen and oxygen atoms in total. The summed E-state index contributed by atoms with van der Waals surface area (Å²) in [4.78, 5) is 0. The minimum absolute atomic E-state index is 0.282. The van der Waals surface area contributed by atoms with Crippen LogP contribution >= 0.6 is 0 Å². The van der Waals surface area contributed by atoms with Crippen LogP contribution in [-0.2, 0) is 10.0 Å². The van der Waals surface area contributed by atoms with Gasteiger partial charge in [-0.2, -0.15) is 5.26 Å². The molecule has 1 rings (SSSR count). The second-order valence-corrected chi connectivity index (χ2v) is 5.16. The molecule has 0 heterocycles. The van der Waals surface area contributed by atoms with Crippen molar-refractivity contribution in [3.8, 4) is 6.07 Å². The van der Waals surface area contributed by atoms with Crippen molar-refractivity contribution in [2.45, 2.75) is 31.7 Å². The smallest absolute Gasteiger partial charge is 0.211 e. The van der Waals surface area contributed by atoms with Crippen molar-refractivity contribution in [3.63, 3.8) is 0 Å². The van der Waals surface area contributed by atoms with Crippen LogP contribution in [0.1, 0.15) is 26.2 Å². The zero-order valence-corrected chi connectivity index (χ0v) is 7.82. The van der Waals surface area contributed by atoms with E-state index in [1.807, 2.05) is 6.92 Å². The van der Waals surface area contributed by atoms with Crippen LogP contribution in [0.15, 0.2) is 0 Å². The first-order chi connectivity index (χ1) is 5.47. The SMILES string of the molecule is CC1(NS(=O)(=O)CC#N)CCC1. The average molecular weight is 188 g/mol. The Morgan fingerprint density at radius 1 is 1.58 bits per heavy atom. The molecule has 0 aromatic rings. The van der Waals surface area contributed by atoms with Gasteiger partial charge in [-0.25, -0.2) is 13.1 Å². The molecule has 0 saturated heterocycles. The van der Waals surface area contributed by atoms with Gasteiger partial charge in [0.25, 0.3) is 0 Å². The van der Waals surface area contributed by atoms with Crippen LogP contribution in [-0.4, -0.2) is 19.7 Å². The summed E-state index contributed by atoms with van der Waals surface area (Å²) >= 11 is 0. The van der Waals surface area contributed by atoms with Crippen LogP contribution in [0, 0.1) is 11.3 Å².